The van der Waals surface area contributed by atoms with Crippen molar-refractivity contribution < 1.29 is 9.53 Å². The van der Waals surface area contributed by atoms with E-state index in [1.54, 1.807) is 0 Å². The summed E-state index contributed by atoms with van der Waals surface area (Å²) in [6.07, 6.45) is 2.93. The van der Waals surface area contributed by atoms with Crippen molar-refractivity contribution in [2.24, 2.45) is 5.92 Å². The molecule has 0 spiro atoms. The second-order valence-corrected chi connectivity index (χ2v) is 4.59. The number of hydrogen-bond acceptors (Lipinski definition) is 3. The van der Waals surface area contributed by atoms with Crippen LogP contribution < -0.4 is 5.32 Å². The molecule has 3 nitrogen and oxygen atoms in total. The summed E-state index contributed by atoms with van der Waals surface area (Å²) in [5.74, 6) is 0.528. The molecule has 0 aromatic heterocycles. The van der Waals surface area contributed by atoms with Gasteiger partial charge >= 0.3 is 5.97 Å². The van der Waals surface area contributed by atoms with Gasteiger partial charge in [-0.05, 0) is 24.3 Å². The third-order valence-corrected chi connectivity index (χ3v) is 3.22. The Morgan fingerprint density at radius 3 is 2.71 bits per heavy atom. The lowest BCUT2D eigenvalue weighted by molar-refractivity contribution is -0.141. The monoisotopic (exact) mass is 233 g/mol. The van der Waals surface area contributed by atoms with Crippen molar-refractivity contribution in [1.82, 2.24) is 5.32 Å². The summed E-state index contributed by atoms with van der Waals surface area (Å²) in [4.78, 5) is 11.3. The number of ether oxygens (including phenoxy) is 1. The quantitative estimate of drug-likeness (QED) is 0.765. The summed E-state index contributed by atoms with van der Waals surface area (Å²) in [6.45, 7) is 0.818. The molecular formula is C14H19NO2. The minimum Gasteiger partial charge on any atom is -0.469 e. The Bertz CT molecular complexity index is 360. The molecule has 0 heterocycles. The van der Waals surface area contributed by atoms with Crippen molar-refractivity contribution in [3.8, 4) is 0 Å². The van der Waals surface area contributed by atoms with Crippen LogP contribution in [-0.2, 0) is 16.1 Å². The van der Waals surface area contributed by atoms with E-state index in [4.69, 9.17) is 4.74 Å². The van der Waals surface area contributed by atoms with Crippen LogP contribution in [0.4, 0.5) is 0 Å². The molecule has 1 aliphatic rings. The standard InChI is InChI=1S/C14H19NO2/c1-17-14(16)9-13(12-7-8-12)15-10-11-5-3-2-4-6-11/h2-6,12-13,15H,7-10H2,1H3. The van der Waals surface area contributed by atoms with Crippen LogP contribution in [0.5, 0.6) is 0 Å². The molecule has 1 aromatic rings. The highest BCUT2D eigenvalue weighted by Gasteiger charge is 2.32. The van der Waals surface area contributed by atoms with Crippen molar-refractivity contribution in [3.05, 3.63) is 35.9 Å². The molecule has 1 N–H and O–H groups in total. The van der Waals surface area contributed by atoms with E-state index < -0.39 is 0 Å². The maximum atomic E-state index is 11.3. The second kappa shape index (κ2) is 5.82. The van der Waals surface area contributed by atoms with E-state index >= 15 is 0 Å². The molecule has 1 fully saturated rings. The fourth-order valence-corrected chi connectivity index (χ4v) is 2.01. The number of hydrogen-bond donors (Lipinski definition) is 1. The van der Waals surface area contributed by atoms with Crippen molar-refractivity contribution in [1.29, 1.82) is 0 Å². The number of esters is 1. The topological polar surface area (TPSA) is 38.3 Å². The van der Waals surface area contributed by atoms with Gasteiger partial charge in [0.15, 0.2) is 0 Å². The SMILES string of the molecule is COC(=O)CC(NCc1ccccc1)C1CC1. The van der Waals surface area contributed by atoms with Crippen LogP contribution >= 0.6 is 0 Å². The number of benzene rings is 1. The number of nitrogens with one attached hydrogen (secondary N) is 1. The summed E-state index contributed by atoms with van der Waals surface area (Å²) in [5.41, 5.74) is 1.25. The van der Waals surface area contributed by atoms with Crippen LogP contribution in [0.1, 0.15) is 24.8 Å². The molecule has 2 rings (SSSR count). The summed E-state index contributed by atoms with van der Waals surface area (Å²) < 4.78 is 4.73. The van der Waals surface area contributed by atoms with Gasteiger partial charge in [0.25, 0.3) is 0 Å². The van der Waals surface area contributed by atoms with Crippen LogP contribution in [0.3, 0.4) is 0 Å². The van der Waals surface area contributed by atoms with Crippen molar-refractivity contribution in [2.45, 2.75) is 31.8 Å². The Balaban J connectivity index is 1.83. The van der Waals surface area contributed by atoms with E-state index in [1.165, 1.54) is 25.5 Å². The molecule has 1 atom stereocenters. The zero-order chi connectivity index (χ0) is 12.1. The first kappa shape index (κ1) is 12.1. The van der Waals surface area contributed by atoms with Gasteiger partial charge in [0.1, 0.15) is 0 Å². The number of rotatable bonds is 6. The minimum atomic E-state index is -0.123. The third-order valence-electron chi connectivity index (χ3n) is 3.22. The summed E-state index contributed by atoms with van der Waals surface area (Å²) >= 11 is 0. The zero-order valence-corrected chi connectivity index (χ0v) is 10.2. The molecule has 1 unspecified atom stereocenters. The molecule has 92 valence electrons. The van der Waals surface area contributed by atoms with Gasteiger partial charge in [-0.25, -0.2) is 0 Å². The average molecular weight is 233 g/mol. The Kier molecular flexibility index (Phi) is 4.15. The fourth-order valence-electron chi connectivity index (χ4n) is 2.01. The predicted molar refractivity (Wildman–Crippen MR) is 66.4 cm³/mol. The van der Waals surface area contributed by atoms with Crippen molar-refractivity contribution in [2.75, 3.05) is 7.11 Å². The highest BCUT2D eigenvalue weighted by atomic mass is 16.5. The largest absolute Gasteiger partial charge is 0.469 e. The lowest BCUT2D eigenvalue weighted by Crippen LogP contribution is -2.33. The molecule has 1 aliphatic carbocycles. The van der Waals surface area contributed by atoms with Crippen LogP contribution in [-0.4, -0.2) is 19.1 Å². The first-order valence-electron chi connectivity index (χ1n) is 6.13. The Hall–Kier alpha value is -1.35. The van der Waals surface area contributed by atoms with Gasteiger partial charge in [0, 0.05) is 12.6 Å². The van der Waals surface area contributed by atoms with Crippen molar-refractivity contribution in [3.63, 3.8) is 0 Å². The Labute approximate surface area is 102 Å². The molecular weight excluding hydrogens is 214 g/mol. The van der Waals surface area contributed by atoms with Gasteiger partial charge in [-0.3, -0.25) is 4.79 Å². The van der Waals surface area contributed by atoms with E-state index in [2.05, 4.69) is 17.4 Å². The molecule has 0 saturated heterocycles. The molecule has 1 aromatic carbocycles. The molecule has 3 heteroatoms. The molecule has 1 saturated carbocycles. The van der Waals surface area contributed by atoms with Crippen LogP contribution in [0.25, 0.3) is 0 Å². The molecule has 0 aliphatic heterocycles. The molecule has 0 radical (unpaired) electrons. The normalized spacial score (nSPS) is 16.5. The van der Waals surface area contributed by atoms with E-state index in [0.29, 0.717) is 12.3 Å². The van der Waals surface area contributed by atoms with Gasteiger partial charge in [-0.2, -0.15) is 0 Å². The minimum absolute atomic E-state index is 0.123. The van der Waals surface area contributed by atoms with Crippen molar-refractivity contribution >= 4 is 5.97 Å². The molecule has 17 heavy (non-hydrogen) atoms. The van der Waals surface area contributed by atoms with E-state index in [1.807, 2.05) is 18.2 Å². The first-order chi connectivity index (χ1) is 8.29. The molecule has 0 bridgehead atoms. The molecule has 0 amide bonds. The average Bonchev–Trinajstić information content (AvgIpc) is 3.19. The van der Waals surface area contributed by atoms with Crippen LogP contribution in [0.15, 0.2) is 30.3 Å². The maximum absolute atomic E-state index is 11.3. The summed E-state index contributed by atoms with van der Waals surface area (Å²) in [6, 6.07) is 10.5. The second-order valence-electron chi connectivity index (χ2n) is 4.59. The van der Waals surface area contributed by atoms with Gasteiger partial charge in [-0.1, -0.05) is 30.3 Å². The number of methoxy groups -OCH3 is 1. The van der Waals surface area contributed by atoms with Gasteiger partial charge < -0.3 is 10.1 Å². The highest BCUT2D eigenvalue weighted by molar-refractivity contribution is 5.70. The zero-order valence-electron chi connectivity index (χ0n) is 10.2. The van der Waals surface area contributed by atoms with Gasteiger partial charge in [0.2, 0.25) is 0 Å². The summed E-state index contributed by atoms with van der Waals surface area (Å²) in [7, 11) is 1.45. The van der Waals surface area contributed by atoms with Gasteiger partial charge in [-0.15, -0.1) is 0 Å². The predicted octanol–water partition coefficient (Wildman–Crippen LogP) is 2.12. The highest BCUT2D eigenvalue weighted by Crippen LogP contribution is 2.34. The Morgan fingerprint density at radius 1 is 1.41 bits per heavy atom. The van der Waals surface area contributed by atoms with Crippen LogP contribution in [0, 0.1) is 5.92 Å². The maximum Gasteiger partial charge on any atom is 0.307 e. The van der Waals surface area contributed by atoms with E-state index in [9.17, 15) is 4.79 Å². The summed E-state index contributed by atoms with van der Waals surface area (Å²) in [5, 5.41) is 3.46. The third kappa shape index (κ3) is 3.86. The van der Waals surface area contributed by atoms with E-state index in [-0.39, 0.29) is 12.0 Å². The van der Waals surface area contributed by atoms with Gasteiger partial charge in [0.05, 0.1) is 13.5 Å². The lowest BCUT2D eigenvalue weighted by Gasteiger charge is -2.17. The fraction of sp³-hybridized carbons (Fsp3) is 0.500. The number of carbonyl (C=O) groups is 1. The van der Waals surface area contributed by atoms with E-state index in [0.717, 1.165) is 6.54 Å². The number of carbonyl (C=O) groups excluding carboxylic acids is 1. The Morgan fingerprint density at radius 2 is 2.12 bits per heavy atom. The first-order valence-corrected chi connectivity index (χ1v) is 6.13. The smallest absolute Gasteiger partial charge is 0.307 e. The lowest BCUT2D eigenvalue weighted by atomic mass is 10.1. The van der Waals surface area contributed by atoms with Crippen LogP contribution in [0.2, 0.25) is 0 Å².